The summed E-state index contributed by atoms with van der Waals surface area (Å²) in [5, 5.41) is 30.1. The third kappa shape index (κ3) is 10.4. The van der Waals surface area contributed by atoms with E-state index in [1.54, 1.807) is 0 Å². The van der Waals surface area contributed by atoms with Crippen LogP contribution in [0.3, 0.4) is 0 Å². The summed E-state index contributed by atoms with van der Waals surface area (Å²) in [6, 6.07) is 14.5. The first-order valence-electron chi connectivity index (χ1n) is 14.5. The number of sulfonamides is 1. The lowest BCUT2D eigenvalue weighted by molar-refractivity contribution is -0.0907. The van der Waals surface area contributed by atoms with Crippen LogP contribution in [0.2, 0.25) is 0 Å². The molecule has 240 valence electrons. The summed E-state index contributed by atoms with van der Waals surface area (Å²) in [6.07, 6.45) is -2.25. The largest absolute Gasteiger partial charge is 0.443 e. The fourth-order valence-electron chi connectivity index (χ4n) is 4.82. The van der Waals surface area contributed by atoms with E-state index in [9.17, 15) is 18.3 Å². The van der Waals surface area contributed by atoms with Crippen molar-refractivity contribution < 1.29 is 42.7 Å². The number of hydrogen-bond acceptors (Lipinski definition) is 10. The second-order valence-corrected chi connectivity index (χ2v) is 13.2. The number of hydrogen-bond donors (Lipinski definition) is 5. The zero-order chi connectivity index (χ0) is 31.6. The number of carbonyl (C=O) groups excluding carboxylic acids is 1. The number of benzene rings is 2. The monoisotopic (exact) mass is 623 g/mol. The summed E-state index contributed by atoms with van der Waals surface area (Å²) in [4.78, 5) is 13.0. The van der Waals surface area contributed by atoms with Crippen molar-refractivity contribution in [3.63, 3.8) is 0 Å². The smallest absolute Gasteiger partial charge is 0.407 e. The molecular weight excluding hydrogens is 578 g/mol. The molecule has 6 N–H and O–H groups in total. The highest BCUT2D eigenvalue weighted by molar-refractivity contribution is 7.89. The highest BCUT2D eigenvalue weighted by Crippen LogP contribution is 2.33. The molecule has 0 bridgehead atoms. The zero-order valence-electron chi connectivity index (χ0n) is 24.9. The van der Waals surface area contributed by atoms with Crippen molar-refractivity contribution in [3.05, 3.63) is 60.2 Å². The normalized spacial score (nSPS) is 21.9. The molecule has 1 amide bonds. The molecule has 13 heteroatoms. The Balaban J connectivity index is 0.000000934. The number of rotatable bonds is 12. The molecule has 0 spiro atoms. The number of aliphatic hydroxyl groups is 3. The van der Waals surface area contributed by atoms with E-state index in [0.29, 0.717) is 12.3 Å². The van der Waals surface area contributed by atoms with Crippen LogP contribution in [0.4, 0.5) is 10.5 Å². The molecule has 0 saturated carbocycles. The molecule has 2 fully saturated rings. The number of nitrogens with one attached hydrogen (secondary N) is 1. The van der Waals surface area contributed by atoms with Crippen LogP contribution >= 0.6 is 0 Å². The number of alkyl carbamates (subject to hydrolysis) is 1. The van der Waals surface area contributed by atoms with Gasteiger partial charge in [0.15, 0.2) is 6.29 Å². The van der Waals surface area contributed by atoms with Crippen LogP contribution in [0.1, 0.15) is 32.8 Å². The number of fused-ring (bicyclic) bond motifs is 1. The van der Waals surface area contributed by atoms with Gasteiger partial charge in [0.05, 0.1) is 48.9 Å². The first kappa shape index (κ1) is 34.7. The summed E-state index contributed by atoms with van der Waals surface area (Å²) in [5.74, 6) is -0.0231. The predicted octanol–water partition coefficient (Wildman–Crippen LogP) is 1.73. The van der Waals surface area contributed by atoms with Crippen molar-refractivity contribution in [2.24, 2.45) is 11.8 Å². The number of ether oxygens (including phenoxy) is 3. The van der Waals surface area contributed by atoms with Gasteiger partial charge in [0, 0.05) is 18.8 Å². The number of nitrogens with two attached hydrogens (primary N) is 1. The maximum absolute atomic E-state index is 13.5. The lowest BCUT2D eigenvalue weighted by Gasteiger charge is -2.31. The number of carbonyl (C=O) groups is 1. The van der Waals surface area contributed by atoms with Crippen LogP contribution in [0.25, 0.3) is 0 Å². The quantitative estimate of drug-likeness (QED) is 0.219. The maximum Gasteiger partial charge on any atom is 0.407 e. The fraction of sp³-hybridized carbons (Fsp3) is 0.567. The molecule has 2 aliphatic heterocycles. The Morgan fingerprint density at radius 1 is 1.07 bits per heavy atom. The van der Waals surface area contributed by atoms with E-state index in [4.69, 9.17) is 30.2 Å². The average molecular weight is 624 g/mol. The number of nitrogen functional groups attached to an aromatic ring is 1. The molecule has 0 radical (unpaired) electrons. The summed E-state index contributed by atoms with van der Waals surface area (Å²) in [5.41, 5.74) is 7.07. The van der Waals surface area contributed by atoms with Gasteiger partial charge < -0.3 is 40.6 Å². The average Bonchev–Trinajstić information content (AvgIpc) is 3.58. The summed E-state index contributed by atoms with van der Waals surface area (Å²) < 4.78 is 44.9. The van der Waals surface area contributed by atoms with Gasteiger partial charge in [-0.05, 0) is 55.5 Å². The van der Waals surface area contributed by atoms with Crippen molar-refractivity contribution in [1.82, 2.24) is 9.62 Å². The van der Waals surface area contributed by atoms with E-state index in [1.165, 1.54) is 35.5 Å². The first-order chi connectivity index (χ1) is 20.4. The van der Waals surface area contributed by atoms with Gasteiger partial charge in [-0.3, -0.25) is 0 Å². The molecule has 1 unspecified atom stereocenters. The number of aliphatic hydroxyl groups excluding tert-OH is 3. The van der Waals surface area contributed by atoms with Crippen molar-refractivity contribution in [1.29, 1.82) is 0 Å². The van der Waals surface area contributed by atoms with Gasteiger partial charge in [0.25, 0.3) is 0 Å². The van der Waals surface area contributed by atoms with Crippen LogP contribution in [-0.4, -0.2) is 97.7 Å². The Bertz CT molecular complexity index is 1230. The molecule has 2 aromatic carbocycles. The SMILES string of the molecule is CC(C)CN(C[C@@H](O)[C@H](Cc1ccccc1)NC(=O)O[C@H]1CO[C@H]2OCC[C@H]21)S(=O)(=O)c1ccc(N)cc1.CC(O)CO. The molecule has 0 aromatic heterocycles. The van der Waals surface area contributed by atoms with Gasteiger partial charge in [-0.15, -0.1) is 0 Å². The topological polar surface area (TPSA) is 181 Å². The summed E-state index contributed by atoms with van der Waals surface area (Å²) >= 11 is 0. The predicted molar refractivity (Wildman–Crippen MR) is 160 cm³/mol. The Labute approximate surface area is 253 Å². The highest BCUT2D eigenvalue weighted by atomic mass is 32.2. The van der Waals surface area contributed by atoms with Gasteiger partial charge >= 0.3 is 6.09 Å². The van der Waals surface area contributed by atoms with E-state index in [-0.39, 0.29) is 55.7 Å². The molecular formula is C30H45N3O9S. The summed E-state index contributed by atoms with van der Waals surface area (Å²) in [6.45, 7) is 5.97. The van der Waals surface area contributed by atoms with Crippen molar-refractivity contribution >= 4 is 21.8 Å². The molecule has 2 heterocycles. The third-order valence-corrected chi connectivity index (χ3v) is 8.90. The van der Waals surface area contributed by atoms with Crippen LogP contribution in [0, 0.1) is 11.8 Å². The van der Waals surface area contributed by atoms with E-state index >= 15 is 0 Å². The van der Waals surface area contributed by atoms with Crippen molar-refractivity contribution in [2.45, 2.75) is 69.2 Å². The standard InChI is InChI=1S/C27H37N3O7S.C3H8O2/c1-18(2)15-30(38(33,34)21-10-8-20(28)9-11-21)16-24(31)23(14-19-6-4-3-5-7-19)29-27(32)37-25-17-36-26-22(25)12-13-35-26;1-3(5)2-4/h3-11,18,22-26,31H,12-17,28H2,1-2H3,(H,29,32);3-5H,2H2,1H3/t22-,23-,24+,25-,26+;/m0./s1. The van der Waals surface area contributed by atoms with Gasteiger partial charge in [-0.1, -0.05) is 44.2 Å². The second-order valence-electron chi connectivity index (χ2n) is 11.3. The zero-order valence-corrected chi connectivity index (χ0v) is 25.7. The summed E-state index contributed by atoms with van der Waals surface area (Å²) in [7, 11) is -3.93. The Hall–Kier alpha value is -2.78. The molecule has 4 rings (SSSR count). The number of amides is 1. The van der Waals surface area contributed by atoms with E-state index in [0.717, 1.165) is 12.0 Å². The van der Waals surface area contributed by atoms with E-state index < -0.39 is 40.5 Å². The van der Waals surface area contributed by atoms with Crippen LogP contribution in [0.5, 0.6) is 0 Å². The van der Waals surface area contributed by atoms with Gasteiger partial charge in [0.1, 0.15) is 6.10 Å². The Morgan fingerprint density at radius 2 is 1.72 bits per heavy atom. The minimum atomic E-state index is -3.93. The molecule has 12 nitrogen and oxygen atoms in total. The van der Waals surface area contributed by atoms with Crippen molar-refractivity contribution in [3.8, 4) is 0 Å². The molecule has 43 heavy (non-hydrogen) atoms. The minimum absolute atomic E-state index is 0.000183. The highest BCUT2D eigenvalue weighted by Gasteiger charge is 2.44. The molecule has 2 aliphatic rings. The Morgan fingerprint density at radius 3 is 2.33 bits per heavy atom. The van der Waals surface area contributed by atoms with Crippen molar-refractivity contribution in [2.75, 3.05) is 38.6 Å². The first-order valence-corrected chi connectivity index (χ1v) is 15.9. The fourth-order valence-corrected chi connectivity index (χ4v) is 6.45. The maximum atomic E-state index is 13.5. The minimum Gasteiger partial charge on any atom is -0.443 e. The molecule has 6 atom stereocenters. The van der Waals surface area contributed by atoms with Gasteiger partial charge in [0.2, 0.25) is 10.0 Å². The number of anilines is 1. The number of nitrogens with zero attached hydrogens (tertiary/aromatic N) is 1. The van der Waals surface area contributed by atoms with E-state index in [2.05, 4.69) is 5.32 Å². The lowest BCUT2D eigenvalue weighted by Crippen LogP contribution is -2.51. The van der Waals surface area contributed by atoms with Gasteiger partial charge in [-0.25, -0.2) is 13.2 Å². The molecule has 2 aromatic rings. The lowest BCUT2D eigenvalue weighted by atomic mass is 10.0. The van der Waals surface area contributed by atoms with E-state index in [1.807, 2.05) is 44.2 Å². The van der Waals surface area contributed by atoms with Gasteiger partial charge in [-0.2, -0.15) is 4.31 Å². The third-order valence-electron chi connectivity index (χ3n) is 7.05. The molecule has 0 aliphatic carbocycles. The van der Waals surface area contributed by atoms with Crippen LogP contribution in [-0.2, 0) is 30.7 Å². The van der Waals surface area contributed by atoms with Crippen LogP contribution in [0.15, 0.2) is 59.5 Å². The molecule has 2 saturated heterocycles. The van der Waals surface area contributed by atoms with Crippen LogP contribution < -0.4 is 11.1 Å². The second kappa shape index (κ2) is 16.3. The Kier molecular flexibility index (Phi) is 13.2.